The smallest absolute Gasteiger partial charge is 0.0649 e. The Balaban J connectivity index is 1.89. The monoisotopic (exact) mass is 311 g/mol. The SMILES string of the molecule is CN(C)C[C@@H](c1ccc2ccccc2c1)[C@H](O)C1CCCCC1. The van der Waals surface area contributed by atoms with E-state index in [-0.39, 0.29) is 12.0 Å². The van der Waals surface area contributed by atoms with Gasteiger partial charge in [0.2, 0.25) is 0 Å². The van der Waals surface area contributed by atoms with Gasteiger partial charge in [-0.3, -0.25) is 0 Å². The van der Waals surface area contributed by atoms with Crippen LogP contribution in [0.5, 0.6) is 0 Å². The fourth-order valence-corrected chi connectivity index (χ4v) is 4.05. The van der Waals surface area contributed by atoms with Crippen LogP contribution in [0.1, 0.15) is 43.6 Å². The summed E-state index contributed by atoms with van der Waals surface area (Å²) in [6.45, 7) is 0.899. The zero-order chi connectivity index (χ0) is 16.2. The molecule has 2 heteroatoms. The van der Waals surface area contributed by atoms with E-state index in [1.54, 1.807) is 0 Å². The Hall–Kier alpha value is -1.38. The Morgan fingerprint density at radius 2 is 1.70 bits per heavy atom. The van der Waals surface area contributed by atoms with Crippen LogP contribution in [0.3, 0.4) is 0 Å². The second-order valence-electron chi connectivity index (χ2n) is 7.36. The van der Waals surface area contributed by atoms with E-state index < -0.39 is 0 Å². The number of aliphatic hydroxyl groups is 1. The van der Waals surface area contributed by atoms with Crippen LogP contribution in [-0.4, -0.2) is 36.8 Å². The van der Waals surface area contributed by atoms with E-state index >= 15 is 0 Å². The Labute approximate surface area is 140 Å². The molecule has 0 unspecified atom stereocenters. The summed E-state index contributed by atoms with van der Waals surface area (Å²) in [5.41, 5.74) is 1.27. The molecule has 0 heterocycles. The minimum Gasteiger partial charge on any atom is -0.392 e. The zero-order valence-corrected chi connectivity index (χ0v) is 14.4. The van der Waals surface area contributed by atoms with Crippen molar-refractivity contribution in [2.24, 2.45) is 5.92 Å². The second kappa shape index (κ2) is 7.46. The van der Waals surface area contributed by atoms with E-state index in [4.69, 9.17) is 0 Å². The van der Waals surface area contributed by atoms with Crippen molar-refractivity contribution in [3.05, 3.63) is 48.0 Å². The van der Waals surface area contributed by atoms with Crippen molar-refractivity contribution in [1.82, 2.24) is 4.90 Å². The Bertz CT molecular complexity index is 631. The number of nitrogens with zero attached hydrogens (tertiary/aromatic N) is 1. The van der Waals surface area contributed by atoms with Crippen LogP contribution in [-0.2, 0) is 0 Å². The minimum absolute atomic E-state index is 0.192. The molecule has 124 valence electrons. The molecule has 23 heavy (non-hydrogen) atoms. The van der Waals surface area contributed by atoms with E-state index in [2.05, 4.69) is 61.5 Å². The lowest BCUT2D eigenvalue weighted by Crippen LogP contribution is -2.35. The summed E-state index contributed by atoms with van der Waals surface area (Å²) in [5.74, 6) is 0.651. The van der Waals surface area contributed by atoms with Gasteiger partial charge < -0.3 is 10.0 Å². The topological polar surface area (TPSA) is 23.5 Å². The molecule has 2 atom stereocenters. The maximum atomic E-state index is 11.1. The normalized spacial score (nSPS) is 19.1. The first kappa shape index (κ1) is 16.5. The third kappa shape index (κ3) is 3.94. The Kier molecular flexibility index (Phi) is 5.34. The summed E-state index contributed by atoms with van der Waals surface area (Å²) in [6, 6.07) is 15.2. The average molecular weight is 311 g/mol. The predicted molar refractivity (Wildman–Crippen MR) is 97.8 cm³/mol. The van der Waals surface area contributed by atoms with Crippen LogP contribution < -0.4 is 0 Å². The molecule has 2 aromatic rings. The molecule has 2 nitrogen and oxygen atoms in total. The molecule has 3 rings (SSSR count). The molecule has 1 aliphatic carbocycles. The summed E-state index contributed by atoms with van der Waals surface area (Å²) in [4.78, 5) is 2.20. The average Bonchev–Trinajstić information content (AvgIpc) is 2.59. The highest BCUT2D eigenvalue weighted by Crippen LogP contribution is 2.34. The number of likely N-dealkylation sites (N-methyl/N-ethyl adjacent to an activating group) is 1. The lowest BCUT2D eigenvalue weighted by atomic mass is 9.78. The van der Waals surface area contributed by atoms with Gasteiger partial charge in [0.1, 0.15) is 0 Å². The van der Waals surface area contributed by atoms with Crippen molar-refractivity contribution >= 4 is 10.8 Å². The highest BCUT2D eigenvalue weighted by atomic mass is 16.3. The number of hydrogen-bond donors (Lipinski definition) is 1. The van der Waals surface area contributed by atoms with Crippen molar-refractivity contribution in [1.29, 1.82) is 0 Å². The summed E-state index contributed by atoms with van der Waals surface area (Å²) in [7, 11) is 4.20. The minimum atomic E-state index is -0.237. The molecule has 1 fully saturated rings. The van der Waals surface area contributed by atoms with Crippen LogP contribution in [0.15, 0.2) is 42.5 Å². The molecule has 1 N–H and O–H groups in total. The van der Waals surface area contributed by atoms with Crippen molar-refractivity contribution in [2.75, 3.05) is 20.6 Å². The zero-order valence-electron chi connectivity index (χ0n) is 14.4. The van der Waals surface area contributed by atoms with Crippen LogP contribution in [0.4, 0.5) is 0 Å². The summed E-state index contributed by atoms with van der Waals surface area (Å²) < 4.78 is 0. The van der Waals surface area contributed by atoms with E-state index in [9.17, 15) is 5.11 Å². The third-order valence-corrected chi connectivity index (χ3v) is 5.31. The molecule has 1 aliphatic rings. The number of aliphatic hydroxyl groups excluding tert-OH is 1. The maximum Gasteiger partial charge on any atom is 0.0649 e. The van der Waals surface area contributed by atoms with Crippen molar-refractivity contribution in [2.45, 2.75) is 44.1 Å². The fraction of sp³-hybridized carbons (Fsp3) is 0.524. The van der Waals surface area contributed by atoms with Gasteiger partial charge in [0.25, 0.3) is 0 Å². The largest absolute Gasteiger partial charge is 0.392 e. The van der Waals surface area contributed by atoms with Gasteiger partial charge in [-0.15, -0.1) is 0 Å². The Morgan fingerprint density at radius 1 is 1.00 bits per heavy atom. The molecule has 0 aromatic heterocycles. The van der Waals surface area contributed by atoms with Crippen LogP contribution in [0.2, 0.25) is 0 Å². The van der Waals surface area contributed by atoms with Crippen molar-refractivity contribution < 1.29 is 5.11 Å². The molecule has 0 radical (unpaired) electrons. The van der Waals surface area contributed by atoms with Gasteiger partial charge in [-0.05, 0) is 49.2 Å². The Morgan fingerprint density at radius 3 is 2.39 bits per heavy atom. The first-order valence-corrected chi connectivity index (χ1v) is 8.96. The molecule has 0 amide bonds. The molecule has 0 saturated heterocycles. The number of hydrogen-bond acceptors (Lipinski definition) is 2. The summed E-state index contributed by atoms with van der Waals surface area (Å²) in [6.07, 6.45) is 6.00. The lowest BCUT2D eigenvalue weighted by molar-refractivity contribution is 0.0520. The van der Waals surface area contributed by atoms with E-state index in [1.807, 2.05) is 0 Å². The first-order chi connectivity index (χ1) is 11.1. The maximum absolute atomic E-state index is 11.1. The van der Waals surface area contributed by atoms with Crippen LogP contribution in [0.25, 0.3) is 10.8 Å². The van der Waals surface area contributed by atoms with E-state index in [1.165, 1.54) is 48.4 Å². The fourth-order valence-electron chi connectivity index (χ4n) is 4.05. The summed E-state index contributed by atoms with van der Waals surface area (Å²) in [5, 5.41) is 13.6. The highest BCUT2D eigenvalue weighted by molar-refractivity contribution is 5.83. The quantitative estimate of drug-likeness (QED) is 0.883. The van der Waals surface area contributed by atoms with Gasteiger partial charge >= 0.3 is 0 Å². The predicted octanol–water partition coefficient (Wildman–Crippen LogP) is 4.43. The van der Waals surface area contributed by atoms with Crippen molar-refractivity contribution in [3.63, 3.8) is 0 Å². The lowest BCUT2D eigenvalue weighted by Gasteiger charge is -2.34. The number of fused-ring (bicyclic) bond motifs is 1. The van der Waals surface area contributed by atoms with E-state index in [0.717, 1.165) is 6.54 Å². The van der Waals surface area contributed by atoms with Gasteiger partial charge in [-0.1, -0.05) is 61.7 Å². The summed E-state index contributed by atoms with van der Waals surface area (Å²) >= 11 is 0. The van der Waals surface area contributed by atoms with Gasteiger partial charge in [-0.2, -0.15) is 0 Å². The molecule has 2 aromatic carbocycles. The van der Waals surface area contributed by atoms with Crippen LogP contribution in [0, 0.1) is 5.92 Å². The van der Waals surface area contributed by atoms with Gasteiger partial charge in [0, 0.05) is 12.5 Å². The second-order valence-corrected chi connectivity index (χ2v) is 7.36. The van der Waals surface area contributed by atoms with Crippen LogP contribution >= 0.6 is 0 Å². The van der Waals surface area contributed by atoms with Gasteiger partial charge in [0.05, 0.1) is 6.10 Å². The molecule has 0 aliphatic heterocycles. The van der Waals surface area contributed by atoms with Gasteiger partial charge in [-0.25, -0.2) is 0 Å². The molecule has 1 saturated carbocycles. The molecular weight excluding hydrogens is 282 g/mol. The number of rotatable bonds is 5. The standard InChI is InChI=1S/C21H29NO/c1-22(2)15-20(21(23)17-9-4-3-5-10-17)19-13-12-16-8-6-7-11-18(16)14-19/h6-8,11-14,17,20-21,23H,3-5,9-10,15H2,1-2H3/t20-,21+/m0/s1. The molecular formula is C21H29NO. The highest BCUT2D eigenvalue weighted by Gasteiger charge is 2.30. The first-order valence-electron chi connectivity index (χ1n) is 8.96. The molecule has 0 bridgehead atoms. The van der Waals surface area contributed by atoms with E-state index in [0.29, 0.717) is 5.92 Å². The number of benzene rings is 2. The molecule has 0 spiro atoms. The van der Waals surface area contributed by atoms with Gasteiger partial charge in [0.15, 0.2) is 0 Å². The third-order valence-electron chi connectivity index (χ3n) is 5.31. The van der Waals surface area contributed by atoms with Crippen molar-refractivity contribution in [3.8, 4) is 0 Å².